The molecule has 0 aliphatic rings. The van der Waals surface area contributed by atoms with Crippen LogP contribution in [0.2, 0.25) is 0 Å². The van der Waals surface area contributed by atoms with Gasteiger partial charge in [-0.1, -0.05) is 37.3 Å². The molecule has 3 amide bonds. The van der Waals surface area contributed by atoms with Crippen molar-refractivity contribution < 1.29 is 22.8 Å². The summed E-state index contributed by atoms with van der Waals surface area (Å²) in [6, 6.07) is 12.0. The highest BCUT2D eigenvalue weighted by Crippen LogP contribution is 2.36. The zero-order chi connectivity index (χ0) is 20.7. The third-order valence-electron chi connectivity index (χ3n) is 4.17. The first kappa shape index (κ1) is 21.3. The van der Waals surface area contributed by atoms with Gasteiger partial charge < -0.3 is 16.0 Å². The fourth-order valence-electron chi connectivity index (χ4n) is 2.77. The smallest absolute Gasteiger partial charge is 0.337 e. The van der Waals surface area contributed by atoms with Gasteiger partial charge >= 0.3 is 12.2 Å². The molecule has 8 heteroatoms. The van der Waals surface area contributed by atoms with Crippen molar-refractivity contribution in [2.24, 2.45) is 0 Å². The summed E-state index contributed by atoms with van der Waals surface area (Å²) in [6.07, 6.45) is -3.92. The predicted molar refractivity (Wildman–Crippen MR) is 102 cm³/mol. The minimum atomic E-state index is -4.69. The lowest BCUT2D eigenvalue weighted by atomic mass is 9.97. The molecule has 0 aliphatic carbocycles. The van der Waals surface area contributed by atoms with Gasteiger partial charge in [-0.05, 0) is 30.2 Å². The Hall–Kier alpha value is -3.03. The Kier molecular flexibility index (Phi) is 7.03. The molecule has 2 aromatic carbocycles. The molecule has 0 spiro atoms. The molecular formula is C20H22F3N3O2. The van der Waals surface area contributed by atoms with E-state index in [0.717, 1.165) is 24.1 Å². The summed E-state index contributed by atoms with van der Waals surface area (Å²) in [5.74, 6) is -0.436. The fraction of sp³-hybridized carbons (Fsp3) is 0.300. The van der Waals surface area contributed by atoms with E-state index in [-0.39, 0.29) is 23.8 Å². The molecule has 0 aromatic heterocycles. The summed E-state index contributed by atoms with van der Waals surface area (Å²) < 4.78 is 40.0. The molecule has 0 bridgehead atoms. The Balaban J connectivity index is 2.09. The first-order valence-electron chi connectivity index (χ1n) is 8.79. The summed E-state index contributed by atoms with van der Waals surface area (Å²) in [5.41, 5.74) is -0.377. The molecule has 0 saturated carbocycles. The van der Waals surface area contributed by atoms with E-state index in [2.05, 4.69) is 16.0 Å². The predicted octanol–water partition coefficient (Wildman–Crippen LogP) is 4.98. The Morgan fingerprint density at radius 1 is 1.04 bits per heavy atom. The van der Waals surface area contributed by atoms with E-state index in [1.54, 1.807) is 0 Å². The van der Waals surface area contributed by atoms with Gasteiger partial charge in [-0.25, -0.2) is 4.79 Å². The Morgan fingerprint density at radius 3 is 2.29 bits per heavy atom. The number of carbonyl (C=O) groups excluding carboxylic acids is 2. The van der Waals surface area contributed by atoms with E-state index in [1.807, 2.05) is 37.3 Å². The molecular weight excluding hydrogens is 371 g/mol. The van der Waals surface area contributed by atoms with Crippen molar-refractivity contribution in [1.82, 2.24) is 5.32 Å². The fourth-order valence-corrected chi connectivity index (χ4v) is 2.77. The van der Waals surface area contributed by atoms with E-state index in [0.29, 0.717) is 0 Å². The number of rotatable bonds is 6. The van der Waals surface area contributed by atoms with Crippen molar-refractivity contribution in [3.63, 3.8) is 0 Å². The van der Waals surface area contributed by atoms with E-state index in [1.165, 1.54) is 13.0 Å². The van der Waals surface area contributed by atoms with Gasteiger partial charge in [-0.2, -0.15) is 13.2 Å². The topological polar surface area (TPSA) is 70.2 Å². The van der Waals surface area contributed by atoms with Gasteiger partial charge in [0.2, 0.25) is 5.91 Å². The third kappa shape index (κ3) is 6.00. The minimum Gasteiger partial charge on any atom is -0.337 e. The molecule has 0 heterocycles. The quantitative estimate of drug-likeness (QED) is 0.648. The molecule has 150 valence electrons. The summed E-state index contributed by atoms with van der Waals surface area (Å²) in [7, 11) is 0. The third-order valence-corrected chi connectivity index (χ3v) is 4.17. The van der Waals surface area contributed by atoms with E-state index in [4.69, 9.17) is 0 Å². The number of anilines is 2. The first-order chi connectivity index (χ1) is 13.2. The van der Waals surface area contributed by atoms with Crippen molar-refractivity contribution in [3.8, 4) is 0 Å². The maximum Gasteiger partial charge on any atom is 0.418 e. The van der Waals surface area contributed by atoms with Crippen LogP contribution in [0.25, 0.3) is 0 Å². The second-order valence-electron chi connectivity index (χ2n) is 6.29. The monoisotopic (exact) mass is 393 g/mol. The van der Waals surface area contributed by atoms with Crippen LogP contribution in [0.3, 0.4) is 0 Å². The molecule has 0 radical (unpaired) electrons. The van der Waals surface area contributed by atoms with Crippen molar-refractivity contribution in [2.75, 3.05) is 17.2 Å². The van der Waals surface area contributed by atoms with Crippen molar-refractivity contribution in [1.29, 1.82) is 0 Å². The summed E-state index contributed by atoms with van der Waals surface area (Å²) in [4.78, 5) is 23.2. The van der Waals surface area contributed by atoms with Crippen LogP contribution in [0.1, 0.15) is 37.3 Å². The maximum absolute atomic E-state index is 13.3. The minimum absolute atomic E-state index is 0.000841. The van der Waals surface area contributed by atoms with Gasteiger partial charge in [-0.3, -0.25) is 4.79 Å². The second-order valence-corrected chi connectivity index (χ2v) is 6.29. The number of hydrogen-bond acceptors (Lipinski definition) is 2. The zero-order valence-corrected chi connectivity index (χ0v) is 15.6. The second kappa shape index (κ2) is 9.25. The van der Waals surface area contributed by atoms with E-state index < -0.39 is 23.7 Å². The Morgan fingerprint density at radius 2 is 1.71 bits per heavy atom. The summed E-state index contributed by atoms with van der Waals surface area (Å²) in [6.45, 7) is 3.46. The number of halogens is 3. The van der Waals surface area contributed by atoms with Gasteiger partial charge in [0.05, 0.1) is 11.3 Å². The van der Waals surface area contributed by atoms with E-state index in [9.17, 15) is 22.8 Å². The van der Waals surface area contributed by atoms with Gasteiger partial charge in [0, 0.05) is 25.1 Å². The Labute approximate surface area is 161 Å². The van der Waals surface area contributed by atoms with Crippen LogP contribution in [0, 0.1) is 0 Å². The average molecular weight is 393 g/mol. The van der Waals surface area contributed by atoms with Crippen LogP contribution in [0.4, 0.5) is 29.3 Å². The summed E-state index contributed by atoms with van der Waals surface area (Å²) >= 11 is 0. The Bertz CT molecular complexity index is 823. The largest absolute Gasteiger partial charge is 0.418 e. The van der Waals surface area contributed by atoms with Gasteiger partial charge in [0.25, 0.3) is 0 Å². The first-order valence-corrected chi connectivity index (χ1v) is 8.79. The van der Waals surface area contributed by atoms with Crippen LogP contribution in [0.5, 0.6) is 0 Å². The molecule has 1 atom stereocenters. The molecule has 0 saturated heterocycles. The lowest BCUT2D eigenvalue weighted by Gasteiger charge is -2.18. The number of nitrogens with one attached hydrogen (secondary N) is 3. The lowest BCUT2D eigenvalue weighted by molar-refractivity contribution is -0.137. The molecule has 0 unspecified atom stereocenters. The van der Waals surface area contributed by atoms with Gasteiger partial charge in [-0.15, -0.1) is 0 Å². The van der Waals surface area contributed by atoms with Gasteiger partial charge in [0.15, 0.2) is 0 Å². The van der Waals surface area contributed by atoms with Crippen molar-refractivity contribution in [3.05, 3.63) is 59.7 Å². The molecule has 3 N–H and O–H groups in total. The van der Waals surface area contributed by atoms with Crippen molar-refractivity contribution >= 4 is 23.3 Å². The number of hydrogen-bond donors (Lipinski definition) is 3. The molecule has 5 nitrogen and oxygen atoms in total. The number of benzene rings is 2. The highest BCUT2D eigenvalue weighted by molar-refractivity contribution is 5.92. The molecule has 0 aliphatic heterocycles. The van der Waals surface area contributed by atoms with Crippen molar-refractivity contribution in [2.45, 2.75) is 32.4 Å². The van der Waals surface area contributed by atoms with Crippen LogP contribution in [0.15, 0.2) is 48.5 Å². The van der Waals surface area contributed by atoms with E-state index >= 15 is 0 Å². The number of alkyl halides is 3. The lowest BCUT2D eigenvalue weighted by Crippen LogP contribution is -2.33. The average Bonchev–Trinajstić information content (AvgIpc) is 2.63. The highest BCUT2D eigenvalue weighted by atomic mass is 19.4. The van der Waals surface area contributed by atoms with Crippen LogP contribution in [-0.2, 0) is 11.0 Å². The number of urea groups is 1. The van der Waals surface area contributed by atoms with Crippen LogP contribution in [-0.4, -0.2) is 18.5 Å². The molecule has 2 rings (SSSR count). The molecule has 0 fully saturated rings. The zero-order valence-electron chi connectivity index (χ0n) is 15.6. The summed E-state index contributed by atoms with van der Waals surface area (Å²) in [5, 5.41) is 7.16. The van der Waals surface area contributed by atoms with Gasteiger partial charge in [0.1, 0.15) is 0 Å². The van der Waals surface area contributed by atoms with Crippen LogP contribution < -0.4 is 16.0 Å². The normalized spacial score (nSPS) is 12.2. The standard InChI is InChI=1S/C20H22F3N3O2/c1-3-14(15-7-5-4-6-8-15)12-24-19(28)26-18-10-9-16(25-13(2)27)11-17(18)20(21,22)23/h4-11,14H,3,12H2,1-2H3,(H,25,27)(H2,24,26,28)/t14-/m0/s1. The molecule has 2 aromatic rings. The molecule has 28 heavy (non-hydrogen) atoms. The number of carbonyl (C=O) groups is 2. The SMILES string of the molecule is CC[C@@H](CNC(=O)Nc1ccc(NC(C)=O)cc1C(F)(F)F)c1ccccc1. The maximum atomic E-state index is 13.3. The highest BCUT2D eigenvalue weighted by Gasteiger charge is 2.34. The van der Waals surface area contributed by atoms with Crippen LogP contribution >= 0.6 is 0 Å². The number of amides is 3.